The number of aliphatic carboxylic acids is 1. The molecule has 2 N–H and O–H groups in total. The fourth-order valence-electron chi connectivity index (χ4n) is 6.24. The molecule has 3 unspecified atom stereocenters. The Bertz CT molecular complexity index is 1190. The molecule has 182 valence electrons. The number of alkyl carbamates (subject to hydrolysis) is 1. The smallest absolute Gasteiger partial charge is 0.407 e. The minimum absolute atomic E-state index is 0.0662. The molecule has 5 aliphatic rings. The van der Waals surface area contributed by atoms with Gasteiger partial charge in [-0.1, -0.05) is 48.5 Å². The summed E-state index contributed by atoms with van der Waals surface area (Å²) in [5.74, 6) is -8.77. The van der Waals surface area contributed by atoms with Crippen LogP contribution < -0.4 is 5.32 Å². The molecule has 4 fully saturated rings. The van der Waals surface area contributed by atoms with E-state index in [1.54, 1.807) is 0 Å². The number of carbonyl (C=O) groups excluding carboxylic acids is 2. The zero-order chi connectivity index (χ0) is 24.5. The minimum atomic E-state index is -3.24. The maximum absolute atomic E-state index is 14.4. The van der Waals surface area contributed by atoms with E-state index in [0.717, 1.165) is 22.3 Å². The first kappa shape index (κ1) is 22.0. The third-order valence-electron chi connectivity index (χ3n) is 8.14. The summed E-state index contributed by atoms with van der Waals surface area (Å²) in [4.78, 5) is 37.7. The Labute approximate surface area is 200 Å². The van der Waals surface area contributed by atoms with Crippen molar-refractivity contribution in [1.82, 2.24) is 10.2 Å². The zero-order valence-electron chi connectivity index (χ0n) is 18.7. The molecule has 0 radical (unpaired) electrons. The van der Waals surface area contributed by atoms with Crippen LogP contribution >= 0.6 is 0 Å². The quantitative estimate of drug-likeness (QED) is 0.659. The van der Waals surface area contributed by atoms with Crippen LogP contribution in [0.15, 0.2) is 48.5 Å². The third-order valence-corrected chi connectivity index (χ3v) is 8.14. The van der Waals surface area contributed by atoms with Gasteiger partial charge in [0.1, 0.15) is 12.5 Å². The highest BCUT2D eigenvalue weighted by Gasteiger charge is 2.74. The molecule has 2 heterocycles. The Kier molecular flexibility index (Phi) is 4.88. The van der Waals surface area contributed by atoms with Crippen molar-refractivity contribution in [2.45, 2.75) is 24.3 Å². The number of benzene rings is 2. The van der Waals surface area contributed by atoms with Crippen LogP contribution in [-0.2, 0) is 14.3 Å². The van der Waals surface area contributed by atoms with E-state index in [-0.39, 0.29) is 31.5 Å². The molecule has 2 bridgehead atoms. The van der Waals surface area contributed by atoms with Gasteiger partial charge in [0, 0.05) is 25.0 Å². The van der Waals surface area contributed by atoms with Gasteiger partial charge in [0.05, 0.1) is 11.8 Å². The second kappa shape index (κ2) is 7.76. The number of rotatable bonds is 6. The molecule has 3 aliphatic carbocycles. The molecule has 2 saturated heterocycles. The first-order valence-corrected chi connectivity index (χ1v) is 11.8. The van der Waals surface area contributed by atoms with Gasteiger partial charge in [-0.25, -0.2) is 13.6 Å². The van der Waals surface area contributed by atoms with Gasteiger partial charge in [0.15, 0.2) is 0 Å². The Morgan fingerprint density at radius 1 is 1.06 bits per heavy atom. The van der Waals surface area contributed by atoms with Crippen molar-refractivity contribution in [3.05, 3.63) is 59.7 Å². The van der Waals surface area contributed by atoms with Crippen LogP contribution in [0.2, 0.25) is 0 Å². The summed E-state index contributed by atoms with van der Waals surface area (Å²) in [5, 5.41) is 11.6. The average molecular weight is 482 g/mol. The lowest BCUT2D eigenvalue weighted by atomic mass is 9.74. The van der Waals surface area contributed by atoms with Gasteiger partial charge in [-0.2, -0.15) is 0 Å². The van der Waals surface area contributed by atoms with Gasteiger partial charge >= 0.3 is 12.1 Å². The molecular weight excluding hydrogens is 458 g/mol. The number of alkyl halides is 2. The molecule has 2 aliphatic heterocycles. The number of fused-ring (bicyclic) bond motifs is 4. The van der Waals surface area contributed by atoms with Crippen molar-refractivity contribution in [3.63, 3.8) is 0 Å². The van der Waals surface area contributed by atoms with Crippen molar-refractivity contribution in [2.24, 2.45) is 23.7 Å². The molecular formula is C26H24F2N2O5. The van der Waals surface area contributed by atoms with Gasteiger partial charge in [0.2, 0.25) is 5.91 Å². The normalized spacial score (nSPS) is 29.1. The summed E-state index contributed by atoms with van der Waals surface area (Å²) in [5.41, 5.74) is 4.26. The molecule has 9 heteroatoms. The minimum Gasteiger partial charge on any atom is -0.481 e. The van der Waals surface area contributed by atoms with Crippen molar-refractivity contribution < 1.29 is 33.0 Å². The van der Waals surface area contributed by atoms with E-state index in [1.165, 1.54) is 4.90 Å². The van der Waals surface area contributed by atoms with Crippen LogP contribution in [0.4, 0.5) is 13.6 Å². The van der Waals surface area contributed by atoms with E-state index in [2.05, 4.69) is 5.32 Å². The molecule has 2 aromatic rings. The summed E-state index contributed by atoms with van der Waals surface area (Å²) in [6.45, 7) is -0.110. The Morgan fingerprint density at radius 2 is 1.69 bits per heavy atom. The molecule has 2 amide bonds. The number of carboxylic acids is 1. The van der Waals surface area contributed by atoms with Crippen LogP contribution in [-0.4, -0.2) is 59.6 Å². The van der Waals surface area contributed by atoms with Gasteiger partial charge in [-0.3, -0.25) is 9.59 Å². The van der Waals surface area contributed by atoms with Gasteiger partial charge < -0.3 is 20.1 Å². The fourth-order valence-corrected chi connectivity index (χ4v) is 6.24. The largest absolute Gasteiger partial charge is 0.481 e. The zero-order valence-corrected chi connectivity index (χ0v) is 18.7. The number of hydrogen-bond donors (Lipinski definition) is 2. The second-order valence-electron chi connectivity index (χ2n) is 9.88. The molecule has 7 nitrogen and oxygen atoms in total. The highest BCUT2D eigenvalue weighted by atomic mass is 19.3. The number of nitrogens with one attached hydrogen (secondary N) is 1. The predicted octanol–water partition coefficient (Wildman–Crippen LogP) is 3.34. The number of carbonyl (C=O) groups is 3. The lowest BCUT2D eigenvalue weighted by molar-refractivity contribution is -0.148. The predicted molar refractivity (Wildman–Crippen MR) is 120 cm³/mol. The number of nitrogens with zero attached hydrogens (tertiary/aromatic N) is 1. The van der Waals surface area contributed by atoms with Crippen molar-refractivity contribution in [1.29, 1.82) is 0 Å². The summed E-state index contributed by atoms with van der Waals surface area (Å²) in [7, 11) is 0. The maximum atomic E-state index is 14.4. The second-order valence-corrected chi connectivity index (χ2v) is 9.88. The highest BCUT2D eigenvalue weighted by molar-refractivity contribution is 5.86. The summed E-state index contributed by atoms with van der Waals surface area (Å²) >= 11 is 0. The van der Waals surface area contributed by atoms with Crippen molar-refractivity contribution in [3.8, 4) is 11.1 Å². The van der Waals surface area contributed by atoms with Gasteiger partial charge in [0.25, 0.3) is 5.92 Å². The Hall–Kier alpha value is -3.49. The number of ether oxygens (including phenoxy) is 1. The molecule has 0 spiro atoms. The Morgan fingerprint density at radius 3 is 2.29 bits per heavy atom. The number of amides is 2. The number of carboxylic acid groups (broad SMARTS) is 1. The number of hydrogen-bond acceptors (Lipinski definition) is 4. The average Bonchev–Trinajstić information content (AvgIpc) is 3.24. The van der Waals surface area contributed by atoms with Crippen LogP contribution in [0, 0.1) is 23.7 Å². The topological polar surface area (TPSA) is 95.9 Å². The lowest BCUT2D eigenvalue weighted by Crippen LogP contribution is -2.45. The van der Waals surface area contributed by atoms with E-state index >= 15 is 0 Å². The van der Waals surface area contributed by atoms with E-state index in [1.807, 2.05) is 48.5 Å². The molecule has 0 aromatic heterocycles. The maximum Gasteiger partial charge on any atom is 0.407 e. The van der Waals surface area contributed by atoms with Gasteiger partial charge in [-0.15, -0.1) is 0 Å². The monoisotopic (exact) mass is 482 g/mol. The third kappa shape index (κ3) is 3.31. The first-order chi connectivity index (χ1) is 16.8. The molecule has 2 saturated carbocycles. The highest BCUT2D eigenvalue weighted by Crippen LogP contribution is 2.58. The number of halogens is 2. The standard InChI is InChI=1S/C26H24F2N2O5/c27-26(28)19(22(26)23(31)30-11-13-9-20(30)21(13)24(32)33)10-29-25(34)35-12-18-16-7-3-1-5-14(16)15-6-2-4-8-17(15)18/h1-8,13,18-22H,9-12H2,(H,29,34)(H,32,33)/t13?,19-,20?,21?,22-/m0/s1. The van der Waals surface area contributed by atoms with E-state index < -0.39 is 47.7 Å². The summed E-state index contributed by atoms with van der Waals surface area (Å²) in [6.07, 6.45) is -0.265. The van der Waals surface area contributed by atoms with Crippen molar-refractivity contribution >= 4 is 18.0 Å². The lowest BCUT2D eigenvalue weighted by Gasteiger charge is -2.33. The molecule has 7 rings (SSSR count). The summed E-state index contributed by atoms with van der Waals surface area (Å²) < 4.78 is 34.2. The molecule has 2 aromatic carbocycles. The van der Waals surface area contributed by atoms with Crippen molar-refractivity contribution in [2.75, 3.05) is 19.7 Å². The SMILES string of the molecule is O=C(NC[C@H]1[C@@H](C(=O)N2CC3CC2C3C(=O)O)C1(F)F)OCC1c2ccccc2-c2ccccc21. The summed E-state index contributed by atoms with van der Waals surface area (Å²) in [6, 6.07) is 15.3. The fraction of sp³-hybridized carbons (Fsp3) is 0.423. The van der Waals surface area contributed by atoms with Gasteiger partial charge in [-0.05, 0) is 34.6 Å². The Balaban J connectivity index is 1.05. The van der Waals surface area contributed by atoms with E-state index in [9.17, 15) is 28.3 Å². The molecule has 35 heavy (non-hydrogen) atoms. The van der Waals surface area contributed by atoms with Crippen LogP contribution in [0.5, 0.6) is 0 Å². The first-order valence-electron chi connectivity index (χ1n) is 11.8. The van der Waals surface area contributed by atoms with Crippen LogP contribution in [0.1, 0.15) is 23.5 Å². The van der Waals surface area contributed by atoms with Crippen LogP contribution in [0.25, 0.3) is 11.1 Å². The molecule has 5 atom stereocenters. The van der Waals surface area contributed by atoms with Crippen LogP contribution in [0.3, 0.4) is 0 Å². The van der Waals surface area contributed by atoms with E-state index in [4.69, 9.17) is 4.74 Å². The van der Waals surface area contributed by atoms with E-state index in [0.29, 0.717) is 6.42 Å².